The largest absolute Gasteiger partial charge is 0.417 e. The van der Waals surface area contributed by atoms with E-state index in [0.717, 1.165) is 11.8 Å². The second-order valence-electron chi connectivity index (χ2n) is 11.7. The van der Waals surface area contributed by atoms with E-state index in [9.17, 15) is 13.2 Å². The van der Waals surface area contributed by atoms with Crippen LogP contribution in [0.25, 0.3) is 0 Å². The van der Waals surface area contributed by atoms with Gasteiger partial charge in [0, 0.05) is 12.5 Å². The summed E-state index contributed by atoms with van der Waals surface area (Å²) in [5.74, 6) is -1.63. The van der Waals surface area contributed by atoms with Crippen LogP contribution in [-0.4, -0.2) is 65.7 Å². The van der Waals surface area contributed by atoms with Crippen LogP contribution in [0.5, 0.6) is 0 Å². The topological polar surface area (TPSA) is 109 Å². The Balaban J connectivity index is 1.77. The maximum absolute atomic E-state index is 12.6. The van der Waals surface area contributed by atoms with Gasteiger partial charge in [0.05, 0.1) is 18.8 Å². The van der Waals surface area contributed by atoms with Gasteiger partial charge in [-0.25, -0.2) is 5.48 Å². The molecule has 3 rings (SSSR count). The van der Waals surface area contributed by atoms with E-state index in [1.807, 2.05) is 30.3 Å². The first-order valence-electron chi connectivity index (χ1n) is 12.4. The van der Waals surface area contributed by atoms with Crippen molar-refractivity contribution in [2.75, 3.05) is 12.9 Å². The zero-order valence-corrected chi connectivity index (χ0v) is 24.4. The summed E-state index contributed by atoms with van der Waals surface area (Å²) in [5, 5.41) is 0.0392. The van der Waals surface area contributed by atoms with Crippen LogP contribution in [-0.2, 0) is 44.3 Å². The average molecular weight is 544 g/mol. The molecule has 1 aliphatic carbocycles. The molecule has 1 aliphatic heterocycles. The van der Waals surface area contributed by atoms with E-state index in [-0.39, 0.29) is 23.3 Å². The normalized spacial score (nSPS) is 28.2. The summed E-state index contributed by atoms with van der Waals surface area (Å²) in [6.07, 6.45) is -1.29. The molecule has 0 bridgehead atoms. The lowest BCUT2D eigenvalue weighted by Crippen LogP contribution is -2.45. The van der Waals surface area contributed by atoms with Crippen LogP contribution in [0.15, 0.2) is 30.3 Å². The number of nitrogens with one attached hydrogen (secondary N) is 1. The molecule has 5 atom stereocenters. The predicted octanol–water partition coefficient (Wildman–Crippen LogP) is 3.55. The molecule has 1 saturated heterocycles. The van der Waals surface area contributed by atoms with E-state index in [4.69, 9.17) is 22.9 Å². The molecule has 2 aliphatic rings. The summed E-state index contributed by atoms with van der Waals surface area (Å²) in [5.41, 5.74) is 3.30. The molecule has 0 aromatic heterocycles. The Labute approximate surface area is 216 Å². The summed E-state index contributed by atoms with van der Waals surface area (Å²) in [4.78, 5) is 18.4. The molecule has 11 heteroatoms. The Morgan fingerprint density at radius 2 is 1.69 bits per heavy atom. The quantitative estimate of drug-likeness (QED) is 0.271. The van der Waals surface area contributed by atoms with Gasteiger partial charge in [-0.2, -0.15) is 8.42 Å². The molecule has 9 nitrogen and oxygen atoms in total. The zero-order chi connectivity index (χ0) is 26.9. The molecule has 36 heavy (non-hydrogen) atoms. The number of carbonyl (C=O) groups is 1. The molecular formula is C25H41NO8SSi. The maximum Gasteiger partial charge on any atom is 0.264 e. The van der Waals surface area contributed by atoms with E-state index < -0.39 is 48.6 Å². The molecule has 1 amide bonds. The van der Waals surface area contributed by atoms with Gasteiger partial charge in [0.2, 0.25) is 5.91 Å². The van der Waals surface area contributed by atoms with Crippen LogP contribution in [0.4, 0.5) is 0 Å². The molecule has 0 radical (unpaired) electrons. The predicted molar refractivity (Wildman–Crippen MR) is 138 cm³/mol. The highest BCUT2D eigenvalue weighted by Crippen LogP contribution is 2.46. The number of hydroxylamine groups is 1. The average Bonchev–Trinajstić information content (AvgIpc) is 3.16. The van der Waals surface area contributed by atoms with Gasteiger partial charge in [0.1, 0.15) is 18.3 Å². The van der Waals surface area contributed by atoms with Crippen molar-refractivity contribution < 1.29 is 36.1 Å². The van der Waals surface area contributed by atoms with Crippen LogP contribution >= 0.6 is 0 Å². The lowest BCUT2D eigenvalue weighted by Gasteiger charge is -2.37. The van der Waals surface area contributed by atoms with Gasteiger partial charge < -0.3 is 13.9 Å². The highest BCUT2D eigenvalue weighted by molar-refractivity contribution is 7.86. The SMILES string of the molecule is CC1(C)O[C@@H]2[C@@H](ONC(=O)Cc3ccccc3)[C@H](OS(C)(=O)=O)[C@H](CCO[Si](C)(C)C(C)(C)C)[C@@H]2O1. The summed E-state index contributed by atoms with van der Waals surface area (Å²) >= 11 is 0. The Morgan fingerprint density at radius 3 is 2.28 bits per heavy atom. The lowest BCUT2D eigenvalue weighted by molar-refractivity contribution is -0.195. The number of amides is 1. The van der Waals surface area contributed by atoms with Crippen LogP contribution < -0.4 is 5.48 Å². The lowest BCUT2D eigenvalue weighted by atomic mass is 9.99. The smallest absolute Gasteiger partial charge is 0.264 e. The number of rotatable bonds is 10. The maximum atomic E-state index is 12.6. The first kappa shape index (κ1) is 29.2. The van der Waals surface area contributed by atoms with Gasteiger partial charge in [-0.1, -0.05) is 51.1 Å². The van der Waals surface area contributed by atoms with Crippen molar-refractivity contribution in [2.45, 2.75) is 95.8 Å². The number of benzene rings is 1. The molecule has 1 N–H and O–H groups in total. The van der Waals surface area contributed by atoms with Crippen LogP contribution in [0.3, 0.4) is 0 Å². The van der Waals surface area contributed by atoms with Gasteiger partial charge in [-0.3, -0.25) is 13.8 Å². The fraction of sp³-hybridized carbons (Fsp3) is 0.720. The second kappa shape index (κ2) is 10.8. The second-order valence-corrected chi connectivity index (χ2v) is 18.1. The van der Waals surface area contributed by atoms with E-state index in [2.05, 4.69) is 39.3 Å². The van der Waals surface area contributed by atoms with Crippen molar-refractivity contribution in [3.63, 3.8) is 0 Å². The summed E-state index contributed by atoms with van der Waals surface area (Å²) in [7, 11) is -5.84. The molecular weight excluding hydrogens is 502 g/mol. The molecule has 1 aromatic rings. The van der Waals surface area contributed by atoms with Gasteiger partial charge in [-0.15, -0.1) is 0 Å². The van der Waals surface area contributed by atoms with Crippen molar-refractivity contribution in [1.29, 1.82) is 0 Å². The number of ether oxygens (including phenoxy) is 2. The van der Waals surface area contributed by atoms with Crippen LogP contribution in [0.2, 0.25) is 18.1 Å². The van der Waals surface area contributed by atoms with E-state index in [1.54, 1.807) is 13.8 Å². The summed E-state index contributed by atoms with van der Waals surface area (Å²) in [6, 6.07) is 9.26. The fourth-order valence-electron chi connectivity index (χ4n) is 4.43. The van der Waals surface area contributed by atoms with Gasteiger partial charge in [0.15, 0.2) is 14.1 Å². The van der Waals surface area contributed by atoms with E-state index >= 15 is 0 Å². The number of hydrogen-bond donors (Lipinski definition) is 1. The van der Waals surface area contributed by atoms with Crippen molar-refractivity contribution in [3.05, 3.63) is 35.9 Å². The number of carbonyl (C=O) groups excluding carboxylic acids is 1. The molecule has 0 unspecified atom stereocenters. The Bertz CT molecular complexity index is 1010. The van der Waals surface area contributed by atoms with Gasteiger partial charge >= 0.3 is 0 Å². The molecule has 0 spiro atoms. The number of fused-ring (bicyclic) bond motifs is 1. The minimum atomic E-state index is -3.83. The highest BCUT2D eigenvalue weighted by atomic mass is 32.2. The third-order valence-electron chi connectivity index (χ3n) is 7.18. The van der Waals surface area contributed by atoms with E-state index in [1.165, 1.54) is 0 Å². The standard InChI is InChI=1S/C25H41NO8SSi/c1-24(2,3)36(7,8)30-15-14-18-20-22(32-25(4,5)31-20)23(21(18)34-35(6,28)29)33-26-19(27)16-17-12-10-9-11-13-17/h9-13,18,20-23H,14-16H2,1-8H3,(H,26,27)/t18-,20+,21-,22+,23+/m1/s1. The Kier molecular flexibility index (Phi) is 8.76. The molecule has 2 fully saturated rings. The summed E-state index contributed by atoms with van der Waals surface area (Å²) < 4.78 is 48.6. The van der Waals surface area contributed by atoms with Crippen molar-refractivity contribution >= 4 is 24.3 Å². The third kappa shape index (κ3) is 7.37. The molecule has 1 saturated carbocycles. The number of hydrogen-bond acceptors (Lipinski definition) is 8. The molecule has 1 aromatic carbocycles. The minimum absolute atomic E-state index is 0.0392. The highest BCUT2D eigenvalue weighted by Gasteiger charge is 2.61. The van der Waals surface area contributed by atoms with Gasteiger partial charge in [0.25, 0.3) is 10.1 Å². The van der Waals surface area contributed by atoms with Crippen molar-refractivity contribution in [2.24, 2.45) is 5.92 Å². The molecule has 204 valence electrons. The van der Waals surface area contributed by atoms with Crippen LogP contribution in [0, 0.1) is 5.92 Å². The summed E-state index contributed by atoms with van der Waals surface area (Å²) in [6.45, 7) is 14.8. The van der Waals surface area contributed by atoms with Crippen molar-refractivity contribution in [3.8, 4) is 0 Å². The van der Waals surface area contributed by atoms with Crippen molar-refractivity contribution in [1.82, 2.24) is 5.48 Å². The zero-order valence-electron chi connectivity index (χ0n) is 22.6. The first-order valence-corrected chi connectivity index (χ1v) is 17.1. The third-order valence-corrected chi connectivity index (χ3v) is 12.3. The fourth-order valence-corrected chi connectivity index (χ4v) is 6.15. The molecule has 1 heterocycles. The van der Waals surface area contributed by atoms with Crippen LogP contribution in [0.1, 0.15) is 46.6 Å². The monoisotopic (exact) mass is 543 g/mol. The Morgan fingerprint density at radius 1 is 1.08 bits per heavy atom. The minimum Gasteiger partial charge on any atom is -0.417 e. The van der Waals surface area contributed by atoms with E-state index in [0.29, 0.717) is 13.0 Å². The van der Waals surface area contributed by atoms with Gasteiger partial charge in [-0.05, 0) is 44.0 Å². The first-order chi connectivity index (χ1) is 16.5. The Hall–Kier alpha value is -1.34.